The van der Waals surface area contributed by atoms with Gasteiger partial charge in [0, 0.05) is 29.8 Å². The molecule has 2 aromatic rings. The van der Waals surface area contributed by atoms with Gasteiger partial charge < -0.3 is 15.8 Å². The highest BCUT2D eigenvalue weighted by molar-refractivity contribution is 5.97. The molecule has 1 heterocycles. The third kappa shape index (κ3) is 3.20. The largest absolute Gasteiger partial charge is 0.497 e. The van der Waals surface area contributed by atoms with Gasteiger partial charge in [0.2, 0.25) is 5.91 Å². The highest BCUT2D eigenvalue weighted by Gasteiger charge is 2.13. The Morgan fingerprint density at radius 3 is 2.77 bits per heavy atom. The summed E-state index contributed by atoms with van der Waals surface area (Å²) in [6, 6.07) is 5.18. The van der Waals surface area contributed by atoms with E-state index in [-0.39, 0.29) is 17.5 Å². The van der Waals surface area contributed by atoms with Gasteiger partial charge in [0.05, 0.1) is 12.8 Å². The number of nitrogen functional groups attached to an aromatic ring is 1. The molecule has 0 saturated heterocycles. The molecule has 1 amide bonds. The molecule has 0 aliphatic heterocycles. The van der Waals surface area contributed by atoms with Crippen molar-refractivity contribution < 1.29 is 14.3 Å². The lowest BCUT2D eigenvalue weighted by atomic mass is 10.0. The Bertz CT molecular complexity index is 716. The number of hydrogen-bond acceptors (Lipinski definition) is 6. The first kappa shape index (κ1) is 15.4. The molecule has 0 aliphatic rings. The van der Waals surface area contributed by atoms with Crippen LogP contribution < -0.4 is 15.8 Å². The summed E-state index contributed by atoms with van der Waals surface area (Å²) in [5.41, 5.74) is 7.60. The fourth-order valence-electron chi connectivity index (χ4n) is 1.90. The molecule has 0 unspecified atom stereocenters. The number of aromatic nitrogens is 2. The van der Waals surface area contributed by atoms with Crippen molar-refractivity contribution in [3.63, 3.8) is 0 Å². The number of methoxy groups -OCH3 is 1. The summed E-state index contributed by atoms with van der Waals surface area (Å²) in [5, 5.41) is 2.79. The first-order valence-electron chi connectivity index (χ1n) is 6.65. The quantitative estimate of drug-likeness (QED) is 0.816. The zero-order valence-electron chi connectivity index (χ0n) is 12.3. The topological polar surface area (TPSA) is 107 Å². The first-order valence-corrected chi connectivity index (χ1v) is 6.65. The summed E-state index contributed by atoms with van der Waals surface area (Å²) in [5.74, 6) is 0.626. The molecule has 2 rings (SSSR count). The molecule has 22 heavy (non-hydrogen) atoms. The lowest BCUT2D eigenvalue weighted by Gasteiger charge is -2.13. The maximum atomic E-state index is 11.7. The van der Waals surface area contributed by atoms with Crippen LogP contribution in [0, 0.1) is 0 Å². The van der Waals surface area contributed by atoms with Crippen LogP contribution >= 0.6 is 0 Å². The number of hydrogen-bond donors (Lipinski definition) is 2. The molecule has 1 aromatic carbocycles. The van der Waals surface area contributed by atoms with E-state index in [1.165, 1.54) is 13.3 Å². The molecular formula is C15H16N4O3. The van der Waals surface area contributed by atoms with Crippen molar-refractivity contribution in [2.24, 2.45) is 0 Å². The maximum Gasteiger partial charge on any atom is 0.224 e. The van der Waals surface area contributed by atoms with Crippen molar-refractivity contribution in [3.8, 4) is 16.9 Å². The highest BCUT2D eigenvalue weighted by Crippen LogP contribution is 2.33. The van der Waals surface area contributed by atoms with Gasteiger partial charge in [-0.1, -0.05) is 6.92 Å². The van der Waals surface area contributed by atoms with Crippen molar-refractivity contribution in [2.75, 3.05) is 18.2 Å². The number of rotatable bonds is 5. The fraction of sp³-hybridized carbons (Fsp3) is 0.200. The molecule has 114 valence electrons. The summed E-state index contributed by atoms with van der Waals surface area (Å²) < 4.78 is 5.17. The molecule has 0 saturated carbocycles. The van der Waals surface area contributed by atoms with Crippen molar-refractivity contribution in [1.29, 1.82) is 0 Å². The monoisotopic (exact) mass is 300 g/mol. The molecule has 0 fully saturated rings. The number of nitrogens with two attached hydrogens (primary N) is 1. The number of carbonyl (C=O) groups excluding carboxylic acids is 2. The van der Waals surface area contributed by atoms with Crippen LogP contribution in [0.5, 0.6) is 5.75 Å². The Balaban J connectivity index is 2.53. The Kier molecular flexibility index (Phi) is 4.67. The van der Waals surface area contributed by atoms with E-state index in [1.54, 1.807) is 25.1 Å². The maximum absolute atomic E-state index is 11.7. The van der Waals surface area contributed by atoms with Gasteiger partial charge in [0.1, 0.15) is 11.6 Å². The van der Waals surface area contributed by atoms with Crippen LogP contribution in [0.15, 0.2) is 24.4 Å². The van der Waals surface area contributed by atoms with E-state index in [1.807, 2.05) is 0 Å². The van der Waals surface area contributed by atoms with Crippen LogP contribution in [0.4, 0.5) is 11.5 Å². The third-order valence-corrected chi connectivity index (χ3v) is 3.05. The number of ether oxygens (including phenoxy) is 1. The third-order valence-electron chi connectivity index (χ3n) is 3.05. The van der Waals surface area contributed by atoms with E-state index in [2.05, 4.69) is 15.3 Å². The van der Waals surface area contributed by atoms with Gasteiger partial charge in [-0.2, -0.15) is 0 Å². The zero-order valence-corrected chi connectivity index (χ0v) is 12.3. The van der Waals surface area contributed by atoms with E-state index in [9.17, 15) is 9.59 Å². The molecule has 0 aliphatic carbocycles. The number of nitrogens with one attached hydrogen (secondary N) is 1. The fourth-order valence-corrected chi connectivity index (χ4v) is 1.90. The Morgan fingerprint density at radius 1 is 1.41 bits per heavy atom. The summed E-state index contributed by atoms with van der Waals surface area (Å²) in [6.07, 6.45) is 2.32. The number of amides is 1. The van der Waals surface area contributed by atoms with Gasteiger partial charge in [-0.3, -0.25) is 9.59 Å². The molecule has 7 heteroatoms. The second-order valence-corrected chi connectivity index (χ2v) is 4.46. The number of benzene rings is 1. The first-order chi connectivity index (χ1) is 10.6. The van der Waals surface area contributed by atoms with Crippen LogP contribution in [-0.4, -0.2) is 29.3 Å². The average Bonchev–Trinajstić information content (AvgIpc) is 2.54. The Morgan fingerprint density at radius 2 is 2.18 bits per heavy atom. The van der Waals surface area contributed by atoms with E-state index >= 15 is 0 Å². The molecule has 3 N–H and O–H groups in total. The van der Waals surface area contributed by atoms with Crippen LogP contribution in [0.3, 0.4) is 0 Å². The predicted molar refractivity (Wildman–Crippen MR) is 82.7 cm³/mol. The number of carbonyl (C=O) groups is 2. The summed E-state index contributed by atoms with van der Waals surface area (Å²) in [4.78, 5) is 30.2. The predicted octanol–water partition coefficient (Wildman–Crippen LogP) is 1.90. The van der Waals surface area contributed by atoms with Crippen LogP contribution in [0.25, 0.3) is 11.1 Å². The Hall–Kier alpha value is -2.96. The number of aldehydes is 1. The van der Waals surface area contributed by atoms with Gasteiger partial charge >= 0.3 is 0 Å². The SMILES string of the molecule is CCC(=O)Nc1cc(OC)ccc1-c1cnc(C=O)nc1N. The summed E-state index contributed by atoms with van der Waals surface area (Å²) >= 11 is 0. The highest BCUT2D eigenvalue weighted by atomic mass is 16.5. The van der Waals surface area contributed by atoms with Gasteiger partial charge in [-0.05, 0) is 12.1 Å². The van der Waals surface area contributed by atoms with Crippen molar-refractivity contribution in [1.82, 2.24) is 9.97 Å². The molecule has 0 atom stereocenters. The van der Waals surface area contributed by atoms with Gasteiger partial charge in [-0.25, -0.2) is 9.97 Å². The van der Waals surface area contributed by atoms with E-state index in [0.717, 1.165) is 0 Å². The van der Waals surface area contributed by atoms with Crippen LogP contribution in [0.2, 0.25) is 0 Å². The molecule has 7 nitrogen and oxygen atoms in total. The average molecular weight is 300 g/mol. The smallest absolute Gasteiger partial charge is 0.224 e. The lowest BCUT2D eigenvalue weighted by Crippen LogP contribution is -2.11. The van der Waals surface area contributed by atoms with Gasteiger partial charge in [-0.15, -0.1) is 0 Å². The van der Waals surface area contributed by atoms with Crippen molar-refractivity contribution in [3.05, 3.63) is 30.2 Å². The summed E-state index contributed by atoms with van der Waals surface area (Å²) in [6.45, 7) is 1.76. The molecular weight excluding hydrogens is 284 g/mol. The standard InChI is InChI=1S/C15H16N4O3/c1-3-14(21)18-12-6-9(22-2)4-5-10(12)11-7-17-13(8-20)19-15(11)16/h4-8H,3H2,1-2H3,(H,18,21)(H2,16,17,19). The minimum Gasteiger partial charge on any atom is -0.497 e. The van der Waals surface area contributed by atoms with Gasteiger partial charge in [0.15, 0.2) is 12.1 Å². The number of nitrogens with zero attached hydrogens (tertiary/aromatic N) is 2. The van der Waals surface area contributed by atoms with Gasteiger partial charge in [0.25, 0.3) is 0 Å². The van der Waals surface area contributed by atoms with E-state index < -0.39 is 0 Å². The second kappa shape index (κ2) is 6.66. The number of anilines is 2. The minimum absolute atomic E-state index is 0.00825. The minimum atomic E-state index is -0.140. The summed E-state index contributed by atoms with van der Waals surface area (Å²) in [7, 11) is 1.54. The van der Waals surface area contributed by atoms with Crippen LogP contribution in [0.1, 0.15) is 24.0 Å². The lowest BCUT2D eigenvalue weighted by molar-refractivity contribution is -0.115. The molecule has 1 aromatic heterocycles. The van der Waals surface area contributed by atoms with Crippen molar-refractivity contribution >= 4 is 23.7 Å². The van der Waals surface area contributed by atoms with E-state index in [4.69, 9.17) is 10.5 Å². The Labute approximate surface area is 127 Å². The van der Waals surface area contributed by atoms with Crippen molar-refractivity contribution in [2.45, 2.75) is 13.3 Å². The van der Waals surface area contributed by atoms with Crippen LogP contribution in [-0.2, 0) is 4.79 Å². The molecule has 0 spiro atoms. The molecule has 0 bridgehead atoms. The van der Waals surface area contributed by atoms with E-state index in [0.29, 0.717) is 35.3 Å². The molecule has 0 radical (unpaired) electrons. The second-order valence-electron chi connectivity index (χ2n) is 4.46. The zero-order chi connectivity index (χ0) is 16.1. The normalized spacial score (nSPS) is 10.1.